The van der Waals surface area contributed by atoms with Crippen molar-refractivity contribution in [1.29, 1.82) is 0 Å². The van der Waals surface area contributed by atoms with Crippen LogP contribution in [0.3, 0.4) is 0 Å². The molecular formula is C19H34N4O. The largest absolute Gasteiger partial charge is 0.382 e. The van der Waals surface area contributed by atoms with Gasteiger partial charge in [0.1, 0.15) is 0 Å². The highest BCUT2D eigenvalue weighted by Crippen LogP contribution is 2.07. The van der Waals surface area contributed by atoms with Gasteiger partial charge in [0.05, 0.1) is 6.54 Å². The molecular weight excluding hydrogens is 300 g/mol. The summed E-state index contributed by atoms with van der Waals surface area (Å²) in [6.45, 7) is 8.18. The van der Waals surface area contributed by atoms with Gasteiger partial charge in [-0.15, -0.1) is 0 Å². The average molecular weight is 335 g/mol. The standard InChI is InChI=1S/C19H34N4O/c1-5-20-19(21-13-10-14-24-6-2)22-16-18(23(3)4)15-17-11-8-7-9-12-17/h7-9,11-12,18H,5-6,10,13-16H2,1-4H3,(H2,20,21,22). The van der Waals surface area contributed by atoms with Crippen molar-refractivity contribution in [3.8, 4) is 0 Å². The molecule has 24 heavy (non-hydrogen) atoms. The number of hydrogen-bond acceptors (Lipinski definition) is 3. The van der Waals surface area contributed by atoms with Crippen molar-refractivity contribution in [2.45, 2.75) is 32.7 Å². The van der Waals surface area contributed by atoms with Gasteiger partial charge in [0.2, 0.25) is 0 Å². The zero-order chi connectivity index (χ0) is 17.6. The molecule has 1 aromatic rings. The predicted molar refractivity (Wildman–Crippen MR) is 103 cm³/mol. The Bertz CT molecular complexity index is 448. The monoisotopic (exact) mass is 334 g/mol. The van der Waals surface area contributed by atoms with E-state index >= 15 is 0 Å². The van der Waals surface area contributed by atoms with Gasteiger partial charge in [-0.2, -0.15) is 0 Å². The fourth-order valence-corrected chi connectivity index (χ4v) is 2.36. The summed E-state index contributed by atoms with van der Waals surface area (Å²) >= 11 is 0. The molecule has 1 unspecified atom stereocenters. The predicted octanol–water partition coefficient (Wildman–Crippen LogP) is 2.14. The lowest BCUT2D eigenvalue weighted by molar-refractivity contribution is 0.145. The highest BCUT2D eigenvalue weighted by molar-refractivity contribution is 5.79. The lowest BCUT2D eigenvalue weighted by Gasteiger charge is -2.23. The van der Waals surface area contributed by atoms with E-state index in [2.05, 4.69) is 66.9 Å². The molecule has 0 fully saturated rings. The molecule has 0 radical (unpaired) electrons. The zero-order valence-corrected chi connectivity index (χ0v) is 15.7. The van der Waals surface area contributed by atoms with Crippen molar-refractivity contribution in [1.82, 2.24) is 15.5 Å². The van der Waals surface area contributed by atoms with Gasteiger partial charge in [-0.05, 0) is 46.3 Å². The fourth-order valence-electron chi connectivity index (χ4n) is 2.36. The van der Waals surface area contributed by atoms with Crippen LogP contribution in [-0.4, -0.2) is 63.8 Å². The molecule has 0 aliphatic heterocycles. The summed E-state index contributed by atoms with van der Waals surface area (Å²) in [6.07, 6.45) is 1.99. The molecule has 0 spiro atoms. The number of likely N-dealkylation sites (N-methyl/N-ethyl adjacent to an activating group) is 1. The van der Waals surface area contributed by atoms with Gasteiger partial charge in [0, 0.05) is 32.3 Å². The highest BCUT2D eigenvalue weighted by Gasteiger charge is 2.12. The van der Waals surface area contributed by atoms with Crippen molar-refractivity contribution in [2.24, 2.45) is 4.99 Å². The summed E-state index contributed by atoms with van der Waals surface area (Å²) in [5, 5.41) is 6.69. The Balaban J connectivity index is 2.52. The van der Waals surface area contributed by atoms with Crippen LogP contribution in [0.25, 0.3) is 0 Å². The second-order valence-corrected chi connectivity index (χ2v) is 6.00. The first-order valence-electron chi connectivity index (χ1n) is 8.97. The molecule has 0 amide bonds. The second kappa shape index (κ2) is 12.8. The van der Waals surface area contributed by atoms with Crippen LogP contribution in [0.4, 0.5) is 0 Å². The topological polar surface area (TPSA) is 48.9 Å². The summed E-state index contributed by atoms with van der Waals surface area (Å²) in [5.74, 6) is 0.883. The van der Waals surface area contributed by atoms with E-state index in [9.17, 15) is 0 Å². The van der Waals surface area contributed by atoms with E-state index in [1.54, 1.807) is 0 Å². The van der Waals surface area contributed by atoms with E-state index in [0.717, 1.165) is 51.6 Å². The Hall–Kier alpha value is -1.59. The van der Waals surface area contributed by atoms with Crippen molar-refractivity contribution < 1.29 is 4.74 Å². The number of ether oxygens (including phenoxy) is 1. The first kappa shape index (κ1) is 20.5. The lowest BCUT2D eigenvalue weighted by atomic mass is 10.1. The van der Waals surface area contributed by atoms with Crippen LogP contribution < -0.4 is 10.6 Å². The Morgan fingerprint density at radius 3 is 2.54 bits per heavy atom. The Labute approximate surface area is 147 Å². The number of benzene rings is 1. The second-order valence-electron chi connectivity index (χ2n) is 6.00. The van der Waals surface area contributed by atoms with Crippen LogP contribution >= 0.6 is 0 Å². The molecule has 0 aromatic heterocycles. The van der Waals surface area contributed by atoms with Gasteiger partial charge < -0.3 is 20.3 Å². The van der Waals surface area contributed by atoms with Crippen molar-refractivity contribution in [3.05, 3.63) is 35.9 Å². The maximum absolute atomic E-state index is 5.36. The van der Waals surface area contributed by atoms with Crippen molar-refractivity contribution >= 4 is 5.96 Å². The number of nitrogens with one attached hydrogen (secondary N) is 2. The zero-order valence-electron chi connectivity index (χ0n) is 15.7. The third kappa shape index (κ3) is 8.89. The van der Waals surface area contributed by atoms with Gasteiger partial charge in [-0.3, -0.25) is 4.99 Å². The SMILES string of the molecule is CCNC(=NCC(Cc1ccccc1)N(C)C)NCCCOCC. The molecule has 0 saturated carbocycles. The van der Waals surface area contributed by atoms with E-state index in [0.29, 0.717) is 6.04 Å². The van der Waals surface area contributed by atoms with Gasteiger partial charge in [0.25, 0.3) is 0 Å². The molecule has 1 rings (SSSR count). The van der Waals surface area contributed by atoms with Gasteiger partial charge >= 0.3 is 0 Å². The first-order valence-corrected chi connectivity index (χ1v) is 8.97. The fraction of sp³-hybridized carbons (Fsp3) is 0.632. The van der Waals surface area contributed by atoms with Gasteiger partial charge in [-0.1, -0.05) is 30.3 Å². The number of guanidine groups is 1. The molecule has 0 saturated heterocycles. The van der Waals surface area contributed by atoms with E-state index in [1.807, 2.05) is 6.92 Å². The maximum atomic E-state index is 5.36. The van der Waals surface area contributed by atoms with Crippen molar-refractivity contribution in [3.63, 3.8) is 0 Å². The summed E-state index contributed by atoms with van der Waals surface area (Å²) in [4.78, 5) is 7.01. The van der Waals surface area contributed by atoms with Crippen LogP contribution in [0, 0.1) is 0 Å². The Morgan fingerprint density at radius 2 is 1.92 bits per heavy atom. The average Bonchev–Trinajstić information content (AvgIpc) is 2.58. The third-order valence-corrected chi connectivity index (χ3v) is 3.81. The minimum atomic E-state index is 0.381. The summed E-state index contributed by atoms with van der Waals surface area (Å²) in [5.41, 5.74) is 1.35. The maximum Gasteiger partial charge on any atom is 0.191 e. The molecule has 1 aromatic carbocycles. The molecule has 1 atom stereocenters. The smallest absolute Gasteiger partial charge is 0.191 e. The van der Waals surface area contributed by atoms with Gasteiger partial charge in [0.15, 0.2) is 5.96 Å². The van der Waals surface area contributed by atoms with Crippen LogP contribution in [0.5, 0.6) is 0 Å². The lowest BCUT2D eigenvalue weighted by Crippen LogP contribution is -2.40. The minimum absolute atomic E-state index is 0.381. The van der Waals surface area contributed by atoms with Gasteiger partial charge in [-0.25, -0.2) is 0 Å². The Morgan fingerprint density at radius 1 is 1.17 bits per heavy atom. The molecule has 136 valence electrons. The number of rotatable bonds is 11. The quantitative estimate of drug-likeness (QED) is 0.370. The van der Waals surface area contributed by atoms with Crippen LogP contribution in [0.15, 0.2) is 35.3 Å². The Kier molecular flexibility index (Phi) is 10.9. The molecule has 0 aliphatic carbocycles. The van der Waals surface area contributed by atoms with E-state index in [-0.39, 0.29) is 0 Å². The summed E-state index contributed by atoms with van der Waals surface area (Å²) in [6, 6.07) is 11.0. The van der Waals surface area contributed by atoms with E-state index in [1.165, 1.54) is 5.56 Å². The third-order valence-electron chi connectivity index (χ3n) is 3.81. The molecule has 5 nitrogen and oxygen atoms in total. The number of hydrogen-bond donors (Lipinski definition) is 2. The molecule has 2 N–H and O–H groups in total. The normalized spacial score (nSPS) is 13.1. The van der Waals surface area contributed by atoms with Crippen LogP contribution in [-0.2, 0) is 11.2 Å². The minimum Gasteiger partial charge on any atom is -0.382 e. The molecule has 0 aliphatic rings. The van der Waals surface area contributed by atoms with E-state index < -0.39 is 0 Å². The molecule has 0 bridgehead atoms. The number of aliphatic imine (C=N–C) groups is 1. The first-order chi connectivity index (χ1) is 11.7. The highest BCUT2D eigenvalue weighted by atomic mass is 16.5. The van der Waals surface area contributed by atoms with E-state index in [4.69, 9.17) is 9.73 Å². The van der Waals surface area contributed by atoms with Crippen molar-refractivity contribution in [2.75, 3.05) is 46.9 Å². The number of nitrogens with zero attached hydrogens (tertiary/aromatic N) is 2. The summed E-state index contributed by atoms with van der Waals surface area (Å²) < 4.78 is 5.36. The summed E-state index contributed by atoms with van der Waals surface area (Å²) in [7, 11) is 4.23. The molecule has 0 heterocycles. The van der Waals surface area contributed by atoms with Crippen LogP contribution in [0.2, 0.25) is 0 Å². The van der Waals surface area contributed by atoms with Crippen LogP contribution in [0.1, 0.15) is 25.8 Å². The molecule has 5 heteroatoms.